The van der Waals surface area contributed by atoms with Crippen LogP contribution in [-0.4, -0.2) is 36.5 Å². The topological polar surface area (TPSA) is 61.4 Å². The normalized spacial score (nSPS) is 14.2. The first-order valence-electron chi connectivity index (χ1n) is 7.04. The van der Waals surface area contributed by atoms with Crippen molar-refractivity contribution in [1.29, 1.82) is 0 Å². The van der Waals surface area contributed by atoms with Gasteiger partial charge in [-0.15, -0.1) is 0 Å². The lowest BCUT2D eigenvalue weighted by atomic mass is 10.1. The molecule has 1 saturated heterocycles. The van der Waals surface area contributed by atoms with E-state index in [-0.39, 0.29) is 11.9 Å². The molecule has 1 aliphatic heterocycles. The molecule has 0 spiro atoms. The Morgan fingerprint density at radius 1 is 1.15 bits per heavy atom. The molecule has 5 nitrogen and oxygen atoms in total. The number of likely N-dealkylation sites (tertiary alicyclic amines) is 1. The molecule has 0 aliphatic carbocycles. The van der Waals surface area contributed by atoms with Crippen LogP contribution in [0, 0.1) is 0 Å². The van der Waals surface area contributed by atoms with Crippen molar-refractivity contribution in [1.82, 2.24) is 10.2 Å². The van der Waals surface area contributed by atoms with E-state index in [9.17, 15) is 9.59 Å². The van der Waals surface area contributed by atoms with E-state index < -0.39 is 0 Å². The zero-order valence-electron chi connectivity index (χ0n) is 11.8. The van der Waals surface area contributed by atoms with E-state index in [0.717, 1.165) is 43.6 Å². The van der Waals surface area contributed by atoms with Gasteiger partial charge in [-0.3, -0.25) is 4.79 Å². The Morgan fingerprint density at radius 3 is 2.40 bits per heavy atom. The molecule has 1 aromatic carbocycles. The number of benzene rings is 1. The van der Waals surface area contributed by atoms with Crippen molar-refractivity contribution in [2.75, 3.05) is 25.0 Å². The highest BCUT2D eigenvalue weighted by atomic mass is 16.2. The monoisotopic (exact) mass is 275 g/mol. The number of carbonyl (C=O) groups excluding carboxylic acids is 2. The molecule has 0 radical (unpaired) electrons. The van der Waals surface area contributed by atoms with Crippen molar-refractivity contribution in [2.24, 2.45) is 0 Å². The SMILES string of the molecule is CC(=O)Nc1ccc(CCNC(=O)N2CCCC2)cc1. The molecule has 5 heteroatoms. The number of amides is 3. The molecule has 108 valence electrons. The minimum Gasteiger partial charge on any atom is -0.338 e. The van der Waals surface area contributed by atoms with Crippen molar-refractivity contribution in [3.05, 3.63) is 29.8 Å². The summed E-state index contributed by atoms with van der Waals surface area (Å²) in [5.74, 6) is -0.0735. The van der Waals surface area contributed by atoms with E-state index in [1.54, 1.807) is 0 Å². The molecule has 1 heterocycles. The Morgan fingerprint density at radius 2 is 1.80 bits per heavy atom. The number of urea groups is 1. The van der Waals surface area contributed by atoms with E-state index in [1.165, 1.54) is 6.92 Å². The third-order valence-corrected chi connectivity index (χ3v) is 3.36. The van der Waals surface area contributed by atoms with Crippen molar-refractivity contribution in [3.63, 3.8) is 0 Å². The van der Waals surface area contributed by atoms with Crippen LogP contribution in [0.4, 0.5) is 10.5 Å². The van der Waals surface area contributed by atoms with Crippen LogP contribution in [0.15, 0.2) is 24.3 Å². The van der Waals surface area contributed by atoms with Crippen LogP contribution in [0.25, 0.3) is 0 Å². The molecule has 2 rings (SSSR count). The van der Waals surface area contributed by atoms with Crippen LogP contribution in [0.3, 0.4) is 0 Å². The third kappa shape index (κ3) is 4.26. The van der Waals surface area contributed by atoms with Crippen molar-refractivity contribution >= 4 is 17.6 Å². The second-order valence-corrected chi connectivity index (χ2v) is 5.05. The highest BCUT2D eigenvalue weighted by Crippen LogP contribution is 2.10. The smallest absolute Gasteiger partial charge is 0.317 e. The van der Waals surface area contributed by atoms with Crippen LogP contribution in [-0.2, 0) is 11.2 Å². The maximum Gasteiger partial charge on any atom is 0.317 e. The van der Waals surface area contributed by atoms with E-state index >= 15 is 0 Å². The van der Waals surface area contributed by atoms with Gasteiger partial charge in [0.1, 0.15) is 0 Å². The zero-order valence-corrected chi connectivity index (χ0v) is 11.8. The van der Waals surface area contributed by atoms with Gasteiger partial charge in [-0.05, 0) is 37.0 Å². The minimum absolute atomic E-state index is 0.0392. The van der Waals surface area contributed by atoms with Crippen molar-refractivity contribution in [3.8, 4) is 0 Å². The largest absolute Gasteiger partial charge is 0.338 e. The number of anilines is 1. The van der Waals surface area contributed by atoms with Crippen LogP contribution in [0.1, 0.15) is 25.3 Å². The lowest BCUT2D eigenvalue weighted by Crippen LogP contribution is -2.38. The summed E-state index contributed by atoms with van der Waals surface area (Å²) in [7, 11) is 0. The molecule has 0 atom stereocenters. The lowest BCUT2D eigenvalue weighted by Gasteiger charge is -2.16. The number of rotatable bonds is 4. The van der Waals surface area contributed by atoms with Crippen molar-refractivity contribution < 1.29 is 9.59 Å². The number of hydrogen-bond donors (Lipinski definition) is 2. The van der Waals surface area contributed by atoms with Gasteiger partial charge < -0.3 is 15.5 Å². The Hall–Kier alpha value is -2.04. The second kappa shape index (κ2) is 6.93. The molecule has 1 fully saturated rings. The average molecular weight is 275 g/mol. The summed E-state index contributed by atoms with van der Waals surface area (Å²) in [5, 5.41) is 5.67. The standard InChI is InChI=1S/C15H21N3O2/c1-12(19)17-14-6-4-13(5-7-14)8-9-16-15(20)18-10-2-3-11-18/h4-7H,2-3,8-11H2,1H3,(H,16,20)(H,17,19). The Balaban J connectivity index is 1.73. The van der Waals surface area contributed by atoms with E-state index in [2.05, 4.69) is 10.6 Å². The summed E-state index contributed by atoms with van der Waals surface area (Å²) >= 11 is 0. The summed E-state index contributed by atoms with van der Waals surface area (Å²) in [5.41, 5.74) is 1.93. The lowest BCUT2D eigenvalue weighted by molar-refractivity contribution is -0.114. The molecule has 20 heavy (non-hydrogen) atoms. The highest BCUT2D eigenvalue weighted by molar-refractivity contribution is 5.88. The van der Waals surface area contributed by atoms with Crippen LogP contribution >= 0.6 is 0 Å². The third-order valence-electron chi connectivity index (χ3n) is 3.36. The number of nitrogens with zero attached hydrogens (tertiary/aromatic N) is 1. The van der Waals surface area contributed by atoms with Crippen LogP contribution < -0.4 is 10.6 Å². The molecule has 0 bridgehead atoms. The predicted molar refractivity (Wildman–Crippen MR) is 78.7 cm³/mol. The van der Waals surface area contributed by atoms with E-state index in [4.69, 9.17) is 0 Å². The molecule has 0 aromatic heterocycles. The highest BCUT2D eigenvalue weighted by Gasteiger charge is 2.16. The van der Waals surface area contributed by atoms with Gasteiger partial charge in [0.15, 0.2) is 0 Å². The molecular weight excluding hydrogens is 254 g/mol. The minimum atomic E-state index is -0.0735. The van der Waals surface area contributed by atoms with Gasteiger partial charge in [0.05, 0.1) is 0 Å². The van der Waals surface area contributed by atoms with Crippen molar-refractivity contribution in [2.45, 2.75) is 26.2 Å². The Bertz CT molecular complexity index is 465. The molecule has 2 N–H and O–H groups in total. The van der Waals surface area contributed by atoms with Gasteiger partial charge in [-0.25, -0.2) is 4.79 Å². The van der Waals surface area contributed by atoms with Crippen LogP contribution in [0.2, 0.25) is 0 Å². The summed E-state index contributed by atoms with van der Waals surface area (Å²) < 4.78 is 0. The maximum atomic E-state index is 11.8. The van der Waals surface area contributed by atoms with Gasteiger partial charge in [0.2, 0.25) is 5.91 Å². The molecule has 0 saturated carbocycles. The molecule has 1 aromatic rings. The summed E-state index contributed by atoms with van der Waals surface area (Å²) in [6.45, 7) is 3.87. The number of hydrogen-bond acceptors (Lipinski definition) is 2. The first-order chi connectivity index (χ1) is 9.65. The van der Waals surface area contributed by atoms with E-state index in [0.29, 0.717) is 6.54 Å². The predicted octanol–water partition coefficient (Wildman–Crippen LogP) is 1.99. The van der Waals surface area contributed by atoms with Gasteiger partial charge in [-0.1, -0.05) is 12.1 Å². The second-order valence-electron chi connectivity index (χ2n) is 5.05. The molecule has 1 aliphatic rings. The maximum absolute atomic E-state index is 11.8. The summed E-state index contributed by atoms with van der Waals surface area (Å²) in [6.07, 6.45) is 3.01. The fourth-order valence-corrected chi connectivity index (χ4v) is 2.30. The van der Waals surface area contributed by atoms with Gasteiger partial charge in [0.25, 0.3) is 0 Å². The fraction of sp³-hybridized carbons (Fsp3) is 0.467. The van der Waals surface area contributed by atoms with Crippen LogP contribution in [0.5, 0.6) is 0 Å². The Kier molecular flexibility index (Phi) is 4.98. The van der Waals surface area contributed by atoms with Gasteiger partial charge in [0, 0.05) is 32.2 Å². The quantitative estimate of drug-likeness (QED) is 0.882. The first kappa shape index (κ1) is 14.4. The fourth-order valence-electron chi connectivity index (χ4n) is 2.30. The number of nitrogens with one attached hydrogen (secondary N) is 2. The molecular formula is C15H21N3O2. The van der Waals surface area contributed by atoms with Gasteiger partial charge >= 0.3 is 6.03 Å². The summed E-state index contributed by atoms with van der Waals surface area (Å²) in [4.78, 5) is 24.5. The van der Waals surface area contributed by atoms with E-state index in [1.807, 2.05) is 29.2 Å². The summed E-state index contributed by atoms with van der Waals surface area (Å²) in [6, 6.07) is 7.72. The zero-order chi connectivity index (χ0) is 14.4. The molecule has 3 amide bonds. The number of carbonyl (C=O) groups is 2. The first-order valence-corrected chi connectivity index (χ1v) is 7.04. The molecule has 0 unspecified atom stereocenters. The Labute approximate surface area is 119 Å². The van der Waals surface area contributed by atoms with Gasteiger partial charge in [-0.2, -0.15) is 0 Å². The average Bonchev–Trinajstić information content (AvgIpc) is 2.94.